The normalized spacial score (nSPS) is 11.7. The molecule has 0 aromatic rings. The van der Waals surface area contributed by atoms with Gasteiger partial charge in [0.25, 0.3) is 0 Å². The second-order valence-electron chi connectivity index (χ2n) is 16.4. The Hall–Kier alpha value is -1.10. The highest BCUT2D eigenvalue weighted by Gasteiger charge is 2.38. The van der Waals surface area contributed by atoms with Crippen LogP contribution in [0.5, 0.6) is 0 Å². The summed E-state index contributed by atoms with van der Waals surface area (Å²) in [5.74, 6) is -0.300. The summed E-state index contributed by atoms with van der Waals surface area (Å²) >= 11 is 0. The van der Waals surface area contributed by atoms with E-state index in [0.717, 1.165) is 64.2 Å². The van der Waals surface area contributed by atoms with Gasteiger partial charge in [-0.15, -0.1) is 0 Å². The lowest BCUT2D eigenvalue weighted by molar-refractivity contribution is -0.137. The molecule has 4 N–H and O–H groups in total. The van der Waals surface area contributed by atoms with Crippen molar-refractivity contribution >= 4 is 11.8 Å². The van der Waals surface area contributed by atoms with E-state index in [4.69, 9.17) is 10.8 Å². The van der Waals surface area contributed by atoms with Crippen molar-refractivity contribution in [2.24, 2.45) is 11.1 Å². The minimum Gasteiger partial charge on any atom is -0.396 e. The molecule has 0 atom stereocenters. The molecular weight excluding hydrogens is 629 g/mol. The van der Waals surface area contributed by atoms with Crippen molar-refractivity contribution in [3.63, 3.8) is 0 Å². The number of hydrogen-bond acceptors (Lipinski definition) is 3. The number of rotatable bonds is 43. The Kier molecular flexibility index (Phi) is 39.2. The smallest absolute Gasteiger partial charge is 0.226 e. The van der Waals surface area contributed by atoms with E-state index in [9.17, 15) is 9.59 Å². The van der Waals surface area contributed by atoms with Crippen LogP contribution in [-0.2, 0) is 9.59 Å². The first kappa shape index (κ1) is 49.9. The van der Waals surface area contributed by atoms with Crippen molar-refractivity contribution in [3.8, 4) is 0 Å². The first-order valence-electron chi connectivity index (χ1n) is 23.2. The first-order chi connectivity index (χ1) is 25.0. The Morgan fingerprint density at radius 1 is 0.431 bits per heavy atom. The van der Waals surface area contributed by atoms with Gasteiger partial charge in [0.15, 0.2) is 0 Å². The number of amides is 2. The van der Waals surface area contributed by atoms with Crippen LogP contribution in [0, 0.1) is 5.41 Å². The number of aliphatic hydroxyl groups is 1. The van der Waals surface area contributed by atoms with Crippen molar-refractivity contribution in [3.05, 3.63) is 0 Å². The second-order valence-corrected chi connectivity index (χ2v) is 16.4. The standard InChI is InChI=1S/C46H92N2O3/c1-3-5-7-9-11-13-15-17-19-21-23-25-27-29-31-35-39-46(43-44(47)50,45(51)48-41-37-33-34-38-42-49)40-36-32-30-28-26-24-22-20-18-16-14-12-10-8-6-4-2/h49H,3-43H2,1-2H3,(H2,47,50)(H,48,51). The summed E-state index contributed by atoms with van der Waals surface area (Å²) in [5.41, 5.74) is 5.14. The zero-order chi connectivity index (χ0) is 37.4. The van der Waals surface area contributed by atoms with Crippen molar-refractivity contribution < 1.29 is 14.7 Å². The number of carbonyl (C=O) groups excluding carboxylic acids is 2. The summed E-state index contributed by atoms with van der Waals surface area (Å²) in [5, 5.41) is 12.3. The van der Waals surface area contributed by atoms with Crippen LogP contribution in [0.3, 0.4) is 0 Å². The van der Waals surface area contributed by atoms with Gasteiger partial charge in [-0.05, 0) is 25.7 Å². The van der Waals surface area contributed by atoms with Crippen LogP contribution < -0.4 is 11.1 Å². The maximum Gasteiger partial charge on any atom is 0.226 e. The molecule has 0 aliphatic rings. The third-order valence-corrected chi connectivity index (χ3v) is 11.4. The highest BCUT2D eigenvalue weighted by atomic mass is 16.3. The number of carbonyl (C=O) groups is 2. The molecule has 0 rings (SSSR count). The summed E-state index contributed by atoms with van der Waals surface area (Å²) in [4.78, 5) is 26.0. The van der Waals surface area contributed by atoms with Crippen LogP contribution in [0.2, 0.25) is 0 Å². The van der Waals surface area contributed by atoms with E-state index >= 15 is 0 Å². The molecular formula is C46H92N2O3. The third-order valence-electron chi connectivity index (χ3n) is 11.4. The maximum absolute atomic E-state index is 13.7. The monoisotopic (exact) mass is 721 g/mol. The zero-order valence-corrected chi connectivity index (χ0v) is 34.8. The molecule has 5 heteroatoms. The Bertz CT molecular complexity index is 691. The minimum atomic E-state index is -0.664. The van der Waals surface area contributed by atoms with Gasteiger partial charge in [0.2, 0.25) is 11.8 Å². The van der Waals surface area contributed by atoms with Gasteiger partial charge in [-0.1, -0.05) is 232 Å². The molecule has 2 amide bonds. The van der Waals surface area contributed by atoms with E-state index in [-0.39, 0.29) is 24.8 Å². The van der Waals surface area contributed by atoms with Crippen molar-refractivity contribution in [1.29, 1.82) is 0 Å². The van der Waals surface area contributed by atoms with E-state index in [1.807, 2.05) is 0 Å². The first-order valence-corrected chi connectivity index (χ1v) is 23.2. The van der Waals surface area contributed by atoms with E-state index in [1.165, 1.54) is 180 Å². The molecule has 0 bridgehead atoms. The topological polar surface area (TPSA) is 92.4 Å². The lowest BCUT2D eigenvalue weighted by Gasteiger charge is -2.32. The largest absolute Gasteiger partial charge is 0.396 e. The number of nitrogens with two attached hydrogens (primary N) is 1. The Labute approximate surface area is 319 Å². The van der Waals surface area contributed by atoms with Gasteiger partial charge in [-0.3, -0.25) is 9.59 Å². The SMILES string of the molecule is CCCCCCCCCCCCCCCCCCC(CCCCCCCCCCCCCCCCCC)(CC(N)=O)C(=O)NCCCCCCO. The molecule has 5 nitrogen and oxygen atoms in total. The molecule has 0 saturated carbocycles. The van der Waals surface area contributed by atoms with E-state index in [2.05, 4.69) is 19.2 Å². The van der Waals surface area contributed by atoms with Crippen LogP contribution in [0.1, 0.15) is 264 Å². The number of hydrogen-bond donors (Lipinski definition) is 3. The third kappa shape index (κ3) is 34.4. The second kappa shape index (κ2) is 40.1. The predicted molar refractivity (Wildman–Crippen MR) is 223 cm³/mol. The van der Waals surface area contributed by atoms with Gasteiger partial charge in [0, 0.05) is 19.6 Å². The molecule has 304 valence electrons. The van der Waals surface area contributed by atoms with E-state index < -0.39 is 5.41 Å². The fourth-order valence-electron chi connectivity index (χ4n) is 7.95. The molecule has 0 aromatic heterocycles. The van der Waals surface area contributed by atoms with Crippen LogP contribution in [-0.4, -0.2) is 30.1 Å². The summed E-state index contributed by atoms with van der Waals surface area (Å²) in [7, 11) is 0. The van der Waals surface area contributed by atoms with Gasteiger partial charge in [-0.25, -0.2) is 0 Å². The maximum atomic E-state index is 13.7. The van der Waals surface area contributed by atoms with Crippen LogP contribution >= 0.6 is 0 Å². The Morgan fingerprint density at radius 2 is 0.706 bits per heavy atom. The molecule has 0 aliphatic heterocycles. The molecule has 0 heterocycles. The van der Waals surface area contributed by atoms with Crippen molar-refractivity contribution in [2.45, 2.75) is 264 Å². The highest BCUT2D eigenvalue weighted by Crippen LogP contribution is 2.36. The van der Waals surface area contributed by atoms with Gasteiger partial charge >= 0.3 is 0 Å². The Balaban J connectivity index is 4.42. The van der Waals surface area contributed by atoms with Crippen molar-refractivity contribution in [2.75, 3.05) is 13.2 Å². The zero-order valence-electron chi connectivity index (χ0n) is 34.8. The molecule has 0 fully saturated rings. The summed E-state index contributed by atoms with van der Waals surface area (Å²) in [6.45, 7) is 5.44. The summed E-state index contributed by atoms with van der Waals surface area (Å²) in [6, 6.07) is 0. The fraction of sp³-hybridized carbons (Fsp3) is 0.957. The number of aliphatic hydroxyl groups excluding tert-OH is 1. The van der Waals surface area contributed by atoms with Gasteiger partial charge in [0.05, 0.1) is 5.41 Å². The molecule has 0 unspecified atom stereocenters. The highest BCUT2D eigenvalue weighted by molar-refractivity contribution is 5.88. The lowest BCUT2D eigenvalue weighted by Crippen LogP contribution is -2.44. The van der Waals surface area contributed by atoms with Crippen molar-refractivity contribution in [1.82, 2.24) is 5.32 Å². The fourth-order valence-corrected chi connectivity index (χ4v) is 7.95. The van der Waals surface area contributed by atoms with Crippen LogP contribution in [0.4, 0.5) is 0 Å². The molecule has 0 aromatic carbocycles. The number of nitrogens with one attached hydrogen (secondary N) is 1. The molecule has 0 radical (unpaired) electrons. The Morgan fingerprint density at radius 3 is 1.00 bits per heavy atom. The van der Waals surface area contributed by atoms with Gasteiger partial charge in [-0.2, -0.15) is 0 Å². The van der Waals surface area contributed by atoms with E-state index in [1.54, 1.807) is 0 Å². The molecule has 51 heavy (non-hydrogen) atoms. The molecule has 0 aliphatic carbocycles. The number of unbranched alkanes of at least 4 members (excludes halogenated alkanes) is 33. The molecule has 0 saturated heterocycles. The lowest BCUT2D eigenvalue weighted by atomic mass is 9.74. The van der Waals surface area contributed by atoms with E-state index in [0.29, 0.717) is 6.54 Å². The molecule has 0 spiro atoms. The van der Waals surface area contributed by atoms with Gasteiger partial charge in [0.1, 0.15) is 0 Å². The summed E-state index contributed by atoms with van der Waals surface area (Å²) in [6.07, 6.45) is 48.0. The summed E-state index contributed by atoms with van der Waals surface area (Å²) < 4.78 is 0. The number of primary amides is 1. The minimum absolute atomic E-state index is 0.0466. The quantitative estimate of drug-likeness (QED) is 0.0548. The average Bonchev–Trinajstić information content (AvgIpc) is 3.12. The predicted octanol–water partition coefficient (Wildman–Crippen LogP) is 13.8. The van der Waals surface area contributed by atoms with Crippen LogP contribution in [0.25, 0.3) is 0 Å². The van der Waals surface area contributed by atoms with Gasteiger partial charge < -0.3 is 16.2 Å². The van der Waals surface area contributed by atoms with Crippen LogP contribution in [0.15, 0.2) is 0 Å². The average molecular weight is 721 g/mol.